The number of rotatable bonds is 5. The Balaban J connectivity index is 2.16. The summed E-state index contributed by atoms with van der Waals surface area (Å²) in [6, 6.07) is 0.727. The standard InChI is InChI=1S/C12H25BrN2/c1-11(4-6-13)5-7-15-9-8-14(3)12(2)10-15/h11-12H,4-10H2,1-3H3. The van der Waals surface area contributed by atoms with Crippen LogP contribution in [-0.2, 0) is 0 Å². The van der Waals surface area contributed by atoms with Crippen LogP contribution >= 0.6 is 15.9 Å². The third kappa shape index (κ3) is 4.83. The highest BCUT2D eigenvalue weighted by Gasteiger charge is 2.20. The SMILES string of the molecule is CC(CCBr)CCN1CCN(C)C(C)C1. The molecule has 0 saturated carbocycles. The normalized spacial score (nSPS) is 26.8. The van der Waals surface area contributed by atoms with E-state index in [2.05, 4.69) is 46.6 Å². The summed E-state index contributed by atoms with van der Waals surface area (Å²) >= 11 is 3.51. The zero-order chi connectivity index (χ0) is 11.3. The quantitative estimate of drug-likeness (QED) is 0.712. The Labute approximate surface area is 103 Å². The van der Waals surface area contributed by atoms with Gasteiger partial charge in [-0.3, -0.25) is 0 Å². The van der Waals surface area contributed by atoms with Crippen LogP contribution in [0.15, 0.2) is 0 Å². The van der Waals surface area contributed by atoms with Crippen LogP contribution < -0.4 is 0 Å². The van der Waals surface area contributed by atoms with Crippen LogP contribution in [0, 0.1) is 5.92 Å². The highest BCUT2D eigenvalue weighted by Crippen LogP contribution is 2.13. The summed E-state index contributed by atoms with van der Waals surface area (Å²) < 4.78 is 0. The molecule has 0 aromatic carbocycles. The van der Waals surface area contributed by atoms with Crippen molar-refractivity contribution in [3.8, 4) is 0 Å². The van der Waals surface area contributed by atoms with Gasteiger partial charge in [-0.2, -0.15) is 0 Å². The molecule has 0 spiro atoms. The average molecular weight is 277 g/mol. The molecule has 0 bridgehead atoms. The molecule has 1 fully saturated rings. The summed E-state index contributed by atoms with van der Waals surface area (Å²) in [7, 11) is 2.23. The molecule has 0 aromatic heterocycles. The van der Waals surface area contributed by atoms with E-state index < -0.39 is 0 Å². The van der Waals surface area contributed by atoms with Crippen LogP contribution in [0.5, 0.6) is 0 Å². The number of alkyl halides is 1. The number of hydrogen-bond acceptors (Lipinski definition) is 2. The first-order valence-electron chi connectivity index (χ1n) is 6.12. The van der Waals surface area contributed by atoms with Gasteiger partial charge in [0.15, 0.2) is 0 Å². The number of halogens is 1. The van der Waals surface area contributed by atoms with Crippen molar-refractivity contribution in [2.24, 2.45) is 5.92 Å². The van der Waals surface area contributed by atoms with Gasteiger partial charge in [0, 0.05) is 31.0 Å². The van der Waals surface area contributed by atoms with Crippen molar-refractivity contribution in [3.63, 3.8) is 0 Å². The first-order chi connectivity index (χ1) is 7.13. The van der Waals surface area contributed by atoms with E-state index >= 15 is 0 Å². The summed E-state index contributed by atoms with van der Waals surface area (Å²) in [5.41, 5.74) is 0. The molecule has 0 aromatic rings. The molecule has 1 heterocycles. The molecule has 0 aliphatic carbocycles. The Morgan fingerprint density at radius 1 is 1.33 bits per heavy atom. The minimum atomic E-state index is 0.727. The number of nitrogens with zero attached hydrogens (tertiary/aromatic N) is 2. The molecule has 1 aliphatic heterocycles. The van der Waals surface area contributed by atoms with Gasteiger partial charge in [0.05, 0.1) is 0 Å². The lowest BCUT2D eigenvalue weighted by Gasteiger charge is -2.38. The lowest BCUT2D eigenvalue weighted by atomic mass is 10.0. The molecule has 0 amide bonds. The van der Waals surface area contributed by atoms with Gasteiger partial charge in [-0.1, -0.05) is 22.9 Å². The predicted molar refractivity (Wildman–Crippen MR) is 70.7 cm³/mol. The summed E-state index contributed by atoms with van der Waals surface area (Å²) in [5.74, 6) is 0.860. The van der Waals surface area contributed by atoms with Crippen LogP contribution in [0.1, 0.15) is 26.7 Å². The molecular weight excluding hydrogens is 252 g/mol. The topological polar surface area (TPSA) is 6.48 Å². The van der Waals surface area contributed by atoms with Gasteiger partial charge in [0.2, 0.25) is 0 Å². The summed E-state index contributed by atoms with van der Waals surface area (Å²) in [6.07, 6.45) is 2.66. The second-order valence-corrected chi connectivity index (χ2v) is 5.79. The van der Waals surface area contributed by atoms with Gasteiger partial charge >= 0.3 is 0 Å². The molecule has 2 atom stereocenters. The molecule has 3 heteroatoms. The van der Waals surface area contributed by atoms with E-state index in [0.717, 1.165) is 17.3 Å². The predicted octanol–water partition coefficient (Wildman–Crippen LogP) is 2.43. The zero-order valence-corrected chi connectivity index (χ0v) is 12.0. The summed E-state index contributed by atoms with van der Waals surface area (Å²) in [5, 5.41) is 1.15. The fourth-order valence-electron chi connectivity index (χ4n) is 2.06. The van der Waals surface area contributed by atoms with E-state index in [1.54, 1.807) is 0 Å². The maximum Gasteiger partial charge on any atom is 0.0192 e. The van der Waals surface area contributed by atoms with Crippen LogP contribution in [-0.4, -0.2) is 54.4 Å². The molecule has 1 saturated heterocycles. The Hall–Kier alpha value is 0.400. The smallest absolute Gasteiger partial charge is 0.0192 e. The maximum absolute atomic E-state index is 3.51. The maximum atomic E-state index is 3.51. The Kier molecular flexibility index (Phi) is 6.17. The fourth-order valence-corrected chi connectivity index (χ4v) is 2.84. The second-order valence-electron chi connectivity index (χ2n) is 5.00. The largest absolute Gasteiger partial charge is 0.301 e. The lowest BCUT2D eigenvalue weighted by molar-refractivity contribution is 0.101. The van der Waals surface area contributed by atoms with E-state index in [-0.39, 0.29) is 0 Å². The van der Waals surface area contributed by atoms with Crippen LogP contribution in [0.4, 0.5) is 0 Å². The monoisotopic (exact) mass is 276 g/mol. The van der Waals surface area contributed by atoms with Crippen molar-refractivity contribution in [1.29, 1.82) is 0 Å². The molecule has 2 nitrogen and oxygen atoms in total. The van der Waals surface area contributed by atoms with Crippen molar-refractivity contribution < 1.29 is 0 Å². The molecule has 90 valence electrons. The second kappa shape index (κ2) is 6.87. The van der Waals surface area contributed by atoms with E-state index in [1.165, 1.54) is 39.0 Å². The van der Waals surface area contributed by atoms with E-state index in [9.17, 15) is 0 Å². The van der Waals surface area contributed by atoms with Crippen LogP contribution in [0.25, 0.3) is 0 Å². The highest BCUT2D eigenvalue weighted by atomic mass is 79.9. The lowest BCUT2D eigenvalue weighted by Crippen LogP contribution is -2.50. The Morgan fingerprint density at radius 3 is 2.67 bits per heavy atom. The average Bonchev–Trinajstić information content (AvgIpc) is 2.20. The van der Waals surface area contributed by atoms with Crippen LogP contribution in [0.2, 0.25) is 0 Å². The Bertz CT molecular complexity index is 175. The van der Waals surface area contributed by atoms with Crippen molar-refractivity contribution in [2.75, 3.05) is 38.6 Å². The summed E-state index contributed by atoms with van der Waals surface area (Å²) in [6.45, 7) is 9.70. The van der Waals surface area contributed by atoms with Gasteiger partial charge < -0.3 is 9.80 Å². The van der Waals surface area contributed by atoms with Gasteiger partial charge in [-0.25, -0.2) is 0 Å². The Morgan fingerprint density at radius 2 is 2.07 bits per heavy atom. The number of piperazine rings is 1. The van der Waals surface area contributed by atoms with E-state index in [1.807, 2.05) is 0 Å². The van der Waals surface area contributed by atoms with Crippen molar-refractivity contribution in [2.45, 2.75) is 32.7 Å². The highest BCUT2D eigenvalue weighted by molar-refractivity contribution is 9.09. The molecular formula is C12H25BrN2. The third-order valence-corrected chi connectivity index (χ3v) is 4.04. The fraction of sp³-hybridized carbons (Fsp3) is 1.00. The van der Waals surface area contributed by atoms with Crippen LogP contribution in [0.3, 0.4) is 0 Å². The van der Waals surface area contributed by atoms with E-state index in [4.69, 9.17) is 0 Å². The molecule has 1 aliphatic rings. The van der Waals surface area contributed by atoms with Gasteiger partial charge in [0.1, 0.15) is 0 Å². The molecule has 1 rings (SSSR count). The third-order valence-electron chi connectivity index (χ3n) is 3.58. The van der Waals surface area contributed by atoms with E-state index in [0.29, 0.717) is 0 Å². The number of hydrogen-bond donors (Lipinski definition) is 0. The molecule has 0 radical (unpaired) electrons. The first kappa shape index (κ1) is 13.5. The molecule has 0 N–H and O–H groups in total. The minimum Gasteiger partial charge on any atom is -0.301 e. The number of likely N-dealkylation sites (N-methyl/N-ethyl adjacent to an activating group) is 1. The molecule has 15 heavy (non-hydrogen) atoms. The van der Waals surface area contributed by atoms with Crippen molar-refractivity contribution in [3.05, 3.63) is 0 Å². The first-order valence-corrected chi connectivity index (χ1v) is 7.24. The minimum absolute atomic E-state index is 0.727. The van der Waals surface area contributed by atoms with Gasteiger partial charge in [0.25, 0.3) is 0 Å². The van der Waals surface area contributed by atoms with Crippen molar-refractivity contribution >= 4 is 15.9 Å². The molecule has 2 unspecified atom stereocenters. The van der Waals surface area contributed by atoms with Gasteiger partial charge in [-0.15, -0.1) is 0 Å². The zero-order valence-electron chi connectivity index (χ0n) is 10.4. The van der Waals surface area contributed by atoms with Crippen molar-refractivity contribution in [1.82, 2.24) is 9.80 Å². The van der Waals surface area contributed by atoms with Gasteiger partial charge in [-0.05, 0) is 39.3 Å². The summed E-state index contributed by atoms with van der Waals surface area (Å²) in [4.78, 5) is 5.08.